The molecule has 3 heterocycles. The highest BCUT2D eigenvalue weighted by atomic mass is 35.5. The number of likely N-dealkylation sites (tertiary alicyclic amines) is 1. The van der Waals surface area contributed by atoms with Crippen molar-refractivity contribution in [3.05, 3.63) is 73.4 Å². The second-order valence-corrected chi connectivity index (χ2v) is 13.2. The molecule has 2 aromatic carbocycles. The first kappa shape index (κ1) is 32.6. The normalized spacial score (nSPS) is 15.5. The number of amides is 2. The van der Waals surface area contributed by atoms with Gasteiger partial charge in [0.05, 0.1) is 28.2 Å². The van der Waals surface area contributed by atoms with Crippen molar-refractivity contribution in [2.24, 2.45) is 11.1 Å². The number of hydrogen-bond acceptors (Lipinski definition) is 7. The molecule has 43 heavy (non-hydrogen) atoms. The van der Waals surface area contributed by atoms with Gasteiger partial charge in [-0.2, -0.15) is 0 Å². The smallest absolute Gasteiger partial charge is 0.256 e. The molecule has 2 aromatic heterocycles. The second kappa shape index (κ2) is 13.5. The first-order valence-electron chi connectivity index (χ1n) is 13.4. The number of rotatable bonds is 6. The van der Waals surface area contributed by atoms with Crippen LogP contribution in [0, 0.1) is 5.41 Å². The molecule has 0 radical (unpaired) electrons. The average molecular weight is 665 g/mol. The van der Waals surface area contributed by atoms with Crippen molar-refractivity contribution in [2.45, 2.75) is 45.7 Å². The summed E-state index contributed by atoms with van der Waals surface area (Å²) in [7, 11) is 1.56. The number of fused-ring (bicyclic) bond motifs is 1. The molecule has 1 saturated heterocycles. The van der Waals surface area contributed by atoms with Gasteiger partial charge in [-0.05, 0) is 48.6 Å². The minimum Gasteiger partial charge on any atom is -0.495 e. The molecule has 0 bridgehead atoms. The summed E-state index contributed by atoms with van der Waals surface area (Å²) in [4.78, 5) is 45.2. The van der Waals surface area contributed by atoms with Gasteiger partial charge in [0.1, 0.15) is 17.8 Å². The van der Waals surface area contributed by atoms with E-state index in [-0.39, 0.29) is 11.5 Å². The Labute approximate surface area is 268 Å². The largest absolute Gasteiger partial charge is 0.495 e. The predicted molar refractivity (Wildman–Crippen MR) is 174 cm³/mol. The van der Waals surface area contributed by atoms with Crippen molar-refractivity contribution in [1.29, 1.82) is 0 Å². The molecule has 2 amide bonds. The quantitative estimate of drug-likeness (QED) is 0.213. The van der Waals surface area contributed by atoms with Crippen LogP contribution in [0.5, 0.6) is 5.75 Å². The number of ether oxygens (including phenoxy) is 1. The summed E-state index contributed by atoms with van der Waals surface area (Å²) in [6.45, 7) is 6.47. The highest BCUT2D eigenvalue weighted by Crippen LogP contribution is 2.33. The van der Waals surface area contributed by atoms with Crippen LogP contribution in [0.15, 0.2) is 52.8 Å². The molecule has 228 valence electrons. The Hall–Kier alpha value is -3.31. The van der Waals surface area contributed by atoms with Gasteiger partial charge in [0.2, 0.25) is 11.8 Å². The number of hydrogen-bond donors (Lipinski definition) is 3. The van der Waals surface area contributed by atoms with E-state index in [2.05, 4.69) is 15.3 Å². The van der Waals surface area contributed by atoms with Crippen molar-refractivity contribution < 1.29 is 14.3 Å². The lowest BCUT2D eigenvalue weighted by Crippen LogP contribution is -2.53. The van der Waals surface area contributed by atoms with E-state index in [1.165, 1.54) is 11.3 Å². The number of carbonyl (C=O) groups is 2. The predicted octanol–water partition coefficient (Wildman–Crippen LogP) is 6.61. The molecule has 0 spiro atoms. The van der Waals surface area contributed by atoms with Crippen molar-refractivity contribution >= 4 is 73.9 Å². The van der Waals surface area contributed by atoms with E-state index in [4.69, 9.17) is 45.3 Å². The minimum atomic E-state index is -0.546. The molecule has 0 unspecified atom stereocenters. The lowest BCUT2D eigenvalue weighted by Gasteiger charge is -2.35. The van der Waals surface area contributed by atoms with Crippen LogP contribution in [-0.4, -0.2) is 52.4 Å². The highest BCUT2D eigenvalue weighted by Gasteiger charge is 2.40. The number of nitrogens with one attached hydrogen (secondary N) is 2. The van der Waals surface area contributed by atoms with Crippen molar-refractivity contribution in [3.8, 4) is 17.0 Å². The number of anilines is 1. The van der Waals surface area contributed by atoms with E-state index in [1.807, 2.05) is 32.2 Å². The van der Waals surface area contributed by atoms with Gasteiger partial charge < -0.3 is 25.7 Å². The number of carbonyl (C=O) groups excluding carboxylic acids is 2. The number of nitrogens with zero attached hydrogens (tertiary/aromatic N) is 2. The number of pyridine rings is 1. The highest BCUT2D eigenvalue weighted by molar-refractivity contribution is 7.14. The standard InChI is InChI=1S/C20H24Cl2N4O2S.C10H8ClNO2/c1-20(2,3)16(18(28)26-8-4-5-15(26)17(23)27)25-19-24-14(10-29-19)11-6-7-12(21)13(22)9-11;1-14-9-5-12-10(13)8-4-6(11)2-3-7(8)9/h6-7,9-10,15-16H,4-5,8H2,1-3H3,(H2,23,27)(H,24,25);2-5H,1H3,(H,12,13)/t15-,16+;/m0./s1. The van der Waals surface area contributed by atoms with Gasteiger partial charge >= 0.3 is 0 Å². The fraction of sp³-hybridized carbons (Fsp3) is 0.333. The van der Waals surface area contributed by atoms with Crippen molar-refractivity contribution in [1.82, 2.24) is 14.9 Å². The van der Waals surface area contributed by atoms with E-state index >= 15 is 0 Å². The molecule has 9 nitrogen and oxygen atoms in total. The van der Waals surface area contributed by atoms with Gasteiger partial charge in [0, 0.05) is 34.1 Å². The van der Waals surface area contributed by atoms with Gasteiger partial charge in [-0.1, -0.05) is 61.6 Å². The monoisotopic (exact) mass is 663 g/mol. The second-order valence-electron chi connectivity index (χ2n) is 11.1. The Morgan fingerprint density at radius 2 is 1.88 bits per heavy atom. The molecule has 4 N–H and O–H groups in total. The van der Waals surface area contributed by atoms with Crippen molar-refractivity contribution in [2.75, 3.05) is 19.0 Å². The zero-order valence-electron chi connectivity index (χ0n) is 24.0. The third-order valence-electron chi connectivity index (χ3n) is 7.01. The zero-order valence-corrected chi connectivity index (χ0v) is 27.1. The number of thiazole rings is 1. The number of benzene rings is 2. The lowest BCUT2D eigenvalue weighted by molar-refractivity contribution is -0.139. The van der Waals surface area contributed by atoms with Crippen LogP contribution in [-0.2, 0) is 9.59 Å². The van der Waals surface area contributed by atoms with Crippen LogP contribution < -0.4 is 21.3 Å². The fourth-order valence-electron chi connectivity index (χ4n) is 4.77. The van der Waals surface area contributed by atoms with Gasteiger partial charge in [-0.15, -0.1) is 11.3 Å². The first-order chi connectivity index (χ1) is 20.3. The Kier molecular flexibility index (Phi) is 10.3. The van der Waals surface area contributed by atoms with Gasteiger partial charge in [-0.25, -0.2) is 4.98 Å². The number of primary amides is 1. The Morgan fingerprint density at radius 3 is 2.53 bits per heavy atom. The average Bonchev–Trinajstić information content (AvgIpc) is 3.64. The summed E-state index contributed by atoms with van der Waals surface area (Å²) in [5.74, 6) is 0.0426. The summed E-state index contributed by atoms with van der Waals surface area (Å²) in [6, 6.07) is 9.37. The third kappa shape index (κ3) is 7.62. The molecule has 1 aliphatic rings. The van der Waals surface area contributed by atoms with Crippen LogP contribution in [0.1, 0.15) is 33.6 Å². The molecule has 0 aliphatic carbocycles. The molecule has 1 aliphatic heterocycles. The van der Waals surface area contributed by atoms with Crippen LogP contribution in [0.4, 0.5) is 5.13 Å². The number of halogens is 3. The van der Waals surface area contributed by atoms with E-state index < -0.39 is 23.4 Å². The van der Waals surface area contributed by atoms with Crippen molar-refractivity contribution in [3.63, 3.8) is 0 Å². The molecule has 13 heteroatoms. The number of aromatic nitrogens is 2. The lowest BCUT2D eigenvalue weighted by atomic mass is 9.85. The Bertz CT molecular complexity index is 1700. The molecular weight excluding hydrogens is 633 g/mol. The zero-order chi connectivity index (χ0) is 31.5. The minimum absolute atomic E-state index is 0.134. The van der Waals surface area contributed by atoms with E-state index in [9.17, 15) is 14.4 Å². The summed E-state index contributed by atoms with van der Waals surface area (Å²) < 4.78 is 5.11. The maximum Gasteiger partial charge on any atom is 0.256 e. The Balaban J connectivity index is 0.000000251. The molecule has 5 rings (SSSR count). The molecule has 0 saturated carbocycles. The van der Waals surface area contributed by atoms with Crippen LogP contribution in [0.3, 0.4) is 0 Å². The summed E-state index contributed by atoms with van der Waals surface area (Å²) in [5, 5.41) is 8.58. The Morgan fingerprint density at radius 1 is 1.14 bits per heavy atom. The number of H-pyrrole nitrogens is 1. The van der Waals surface area contributed by atoms with Gasteiger partial charge in [0.15, 0.2) is 5.13 Å². The van der Waals surface area contributed by atoms with Crippen LogP contribution >= 0.6 is 46.1 Å². The fourth-order valence-corrected chi connectivity index (χ4v) is 5.99. The summed E-state index contributed by atoms with van der Waals surface area (Å²) >= 11 is 19.3. The molecule has 2 atom stereocenters. The van der Waals surface area contributed by atoms with E-state index in [1.54, 1.807) is 48.5 Å². The van der Waals surface area contributed by atoms with Gasteiger partial charge in [-0.3, -0.25) is 14.4 Å². The number of aromatic amines is 1. The number of nitrogens with two attached hydrogens (primary N) is 1. The first-order valence-corrected chi connectivity index (χ1v) is 15.4. The van der Waals surface area contributed by atoms with E-state index in [0.717, 1.165) is 23.1 Å². The molecule has 4 aromatic rings. The maximum atomic E-state index is 13.3. The molecule has 1 fully saturated rings. The third-order valence-corrected chi connectivity index (χ3v) is 8.76. The maximum absolute atomic E-state index is 13.3. The number of methoxy groups -OCH3 is 1. The van der Waals surface area contributed by atoms with E-state index in [0.29, 0.717) is 44.3 Å². The van der Waals surface area contributed by atoms with Crippen LogP contribution in [0.25, 0.3) is 22.0 Å². The summed E-state index contributed by atoms with van der Waals surface area (Å²) in [5.41, 5.74) is 6.53. The SMILES string of the molecule is CC(C)(C)[C@H](Nc1nc(-c2ccc(Cl)c(Cl)c2)cs1)C(=O)N1CCC[C@H]1C(N)=O.COc1c[nH]c(=O)c2cc(Cl)ccc12. The van der Waals surface area contributed by atoms with Crippen LogP contribution in [0.2, 0.25) is 15.1 Å². The summed E-state index contributed by atoms with van der Waals surface area (Å²) in [6.07, 6.45) is 2.92. The van der Waals surface area contributed by atoms with Gasteiger partial charge in [0.25, 0.3) is 5.56 Å². The molecular formula is C30H32Cl3N5O4S. The topological polar surface area (TPSA) is 130 Å².